The standard InChI is InChI=1S/C18H13NO5S2/c1-9-2-4-11(17(23)24)8-12(9)19-16(22)15(26-18(19)25)7-10-3-5-13(20)14(21)6-10/h2-8,20-21H,1H3,(H,23,24)/b15-7-. The van der Waals surface area contributed by atoms with Crippen LogP contribution in [0.3, 0.4) is 0 Å². The Hall–Kier alpha value is -2.84. The Labute approximate surface area is 158 Å². The first-order valence-corrected chi connectivity index (χ1v) is 8.64. The molecule has 6 nitrogen and oxygen atoms in total. The highest BCUT2D eigenvalue weighted by Crippen LogP contribution is 2.38. The third kappa shape index (κ3) is 3.29. The summed E-state index contributed by atoms with van der Waals surface area (Å²) in [5.74, 6) is -2.01. The summed E-state index contributed by atoms with van der Waals surface area (Å²) in [6.07, 6.45) is 1.55. The van der Waals surface area contributed by atoms with Crippen LogP contribution < -0.4 is 4.90 Å². The molecule has 1 fully saturated rings. The summed E-state index contributed by atoms with van der Waals surface area (Å²) in [5.41, 5.74) is 1.73. The first kappa shape index (κ1) is 18.0. The number of benzene rings is 2. The van der Waals surface area contributed by atoms with E-state index in [0.717, 1.165) is 17.3 Å². The summed E-state index contributed by atoms with van der Waals surface area (Å²) in [4.78, 5) is 25.6. The molecular weight excluding hydrogens is 374 g/mol. The van der Waals surface area contributed by atoms with E-state index >= 15 is 0 Å². The van der Waals surface area contributed by atoms with Gasteiger partial charge in [-0.15, -0.1) is 0 Å². The Morgan fingerprint density at radius 3 is 2.54 bits per heavy atom. The average Bonchev–Trinajstić information content (AvgIpc) is 2.85. The van der Waals surface area contributed by atoms with Crippen molar-refractivity contribution in [3.63, 3.8) is 0 Å². The number of carbonyl (C=O) groups is 2. The molecule has 3 rings (SSSR count). The molecule has 8 heteroatoms. The quantitative estimate of drug-likeness (QED) is 0.421. The Morgan fingerprint density at radius 1 is 1.15 bits per heavy atom. The number of carboxylic acid groups (broad SMARTS) is 1. The molecule has 0 bridgehead atoms. The highest BCUT2D eigenvalue weighted by molar-refractivity contribution is 8.27. The van der Waals surface area contributed by atoms with Crippen molar-refractivity contribution in [2.75, 3.05) is 4.90 Å². The van der Waals surface area contributed by atoms with Crippen molar-refractivity contribution in [3.8, 4) is 11.5 Å². The van der Waals surface area contributed by atoms with E-state index < -0.39 is 5.97 Å². The zero-order valence-electron chi connectivity index (χ0n) is 13.5. The minimum atomic E-state index is -1.09. The topological polar surface area (TPSA) is 98.1 Å². The van der Waals surface area contributed by atoms with Crippen molar-refractivity contribution >= 4 is 51.9 Å². The van der Waals surface area contributed by atoms with Crippen LogP contribution in [0.4, 0.5) is 5.69 Å². The molecule has 1 aliphatic heterocycles. The van der Waals surface area contributed by atoms with Gasteiger partial charge in [0.2, 0.25) is 0 Å². The summed E-state index contributed by atoms with van der Waals surface area (Å²) in [7, 11) is 0. The zero-order chi connectivity index (χ0) is 19.0. The number of hydrogen-bond acceptors (Lipinski definition) is 6. The highest BCUT2D eigenvalue weighted by atomic mass is 32.2. The zero-order valence-corrected chi connectivity index (χ0v) is 15.1. The van der Waals surface area contributed by atoms with Gasteiger partial charge in [0.25, 0.3) is 5.91 Å². The predicted octanol–water partition coefficient (Wildman–Crippen LogP) is 3.51. The second-order valence-corrected chi connectivity index (χ2v) is 7.25. The smallest absolute Gasteiger partial charge is 0.335 e. The third-order valence-electron chi connectivity index (χ3n) is 3.79. The SMILES string of the molecule is Cc1ccc(C(=O)O)cc1N1C(=O)/C(=C/c2ccc(O)c(O)c2)SC1=S. The molecule has 0 spiro atoms. The van der Waals surface area contributed by atoms with Crippen LogP contribution in [0.2, 0.25) is 0 Å². The highest BCUT2D eigenvalue weighted by Gasteiger charge is 2.34. The number of nitrogens with zero attached hydrogens (tertiary/aromatic N) is 1. The van der Waals surface area contributed by atoms with Crippen LogP contribution in [0.5, 0.6) is 11.5 Å². The monoisotopic (exact) mass is 387 g/mol. The van der Waals surface area contributed by atoms with E-state index in [1.54, 1.807) is 25.1 Å². The van der Waals surface area contributed by atoms with Gasteiger partial charge in [-0.25, -0.2) is 4.79 Å². The van der Waals surface area contributed by atoms with Crippen LogP contribution in [0.1, 0.15) is 21.5 Å². The second kappa shape index (κ2) is 6.81. The Kier molecular flexibility index (Phi) is 4.71. The largest absolute Gasteiger partial charge is 0.504 e. The minimum Gasteiger partial charge on any atom is -0.504 e. The Bertz CT molecular complexity index is 984. The summed E-state index contributed by atoms with van der Waals surface area (Å²) < 4.78 is 0.287. The summed E-state index contributed by atoms with van der Waals surface area (Å²) in [6.45, 7) is 1.77. The number of thiocarbonyl (C=S) groups is 1. The normalized spacial score (nSPS) is 15.7. The molecule has 0 aromatic heterocycles. The van der Waals surface area contributed by atoms with Gasteiger partial charge in [0.1, 0.15) is 0 Å². The van der Waals surface area contributed by atoms with Crippen molar-refractivity contribution in [1.29, 1.82) is 0 Å². The summed E-state index contributed by atoms with van der Waals surface area (Å²) in [5, 5.41) is 28.1. The number of rotatable bonds is 3. The lowest BCUT2D eigenvalue weighted by molar-refractivity contribution is -0.113. The number of thioether (sulfide) groups is 1. The van der Waals surface area contributed by atoms with Gasteiger partial charge in [-0.05, 0) is 48.4 Å². The number of aromatic carboxylic acids is 1. The first-order chi connectivity index (χ1) is 12.3. The van der Waals surface area contributed by atoms with E-state index in [9.17, 15) is 24.9 Å². The molecule has 0 aliphatic carbocycles. The number of phenolic OH excluding ortho intramolecular Hbond substituents is 2. The van der Waals surface area contributed by atoms with Gasteiger partial charge in [0, 0.05) is 0 Å². The van der Waals surface area contributed by atoms with E-state index in [4.69, 9.17) is 12.2 Å². The van der Waals surface area contributed by atoms with E-state index in [-0.39, 0.29) is 27.3 Å². The van der Waals surface area contributed by atoms with Gasteiger partial charge in [0.15, 0.2) is 15.8 Å². The van der Waals surface area contributed by atoms with Gasteiger partial charge < -0.3 is 15.3 Å². The third-order valence-corrected chi connectivity index (χ3v) is 5.09. The van der Waals surface area contributed by atoms with Crippen molar-refractivity contribution in [1.82, 2.24) is 0 Å². The fourth-order valence-corrected chi connectivity index (χ4v) is 3.73. The van der Waals surface area contributed by atoms with E-state index in [0.29, 0.717) is 16.2 Å². The minimum absolute atomic E-state index is 0.0621. The first-order valence-electron chi connectivity index (χ1n) is 7.42. The number of phenols is 2. The molecule has 1 aliphatic rings. The average molecular weight is 387 g/mol. The van der Waals surface area contributed by atoms with E-state index in [2.05, 4.69) is 0 Å². The van der Waals surface area contributed by atoms with Crippen LogP contribution in [-0.2, 0) is 4.79 Å². The van der Waals surface area contributed by atoms with Crippen LogP contribution in [-0.4, -0.2) is 31.5 Å². The molecule has 2 aromatic carbocycles. The Balaban J connectivity index is 1.99. The summed E-state index contributed by atoms with van der Waals surface area (Å²) in [6, 6.07) is 8.71. The lowest BCUT2D eigenvalue weighted by Crippen LogP contribution is -2.28. The molecular formula is C18H13NO5S2. The van der Waals surface area contributed by atoms with Gasteiger partial charge in [-0.3, -0.25) is 9.69 Å². The molecule has 1 heterocycles. The molecule has 2 aromatic rings. The number of hydrogen-bond donors (Lipinski definition) is 3. The van der Waals surface area contributed by atoms with Gasteiger partial charge in [-0.1, -0.05) is 36.1 Å². The van der Waals surface area contributed by atoms with Crippen LogP contribution >= 0.6 is 24.0 Å². The maximum Gasteiger partial charge on any atom is 0.335 e. The summed E-state index contributed by atoms with van der Waals surface area (Å²) >= 11 is 6.38. The van der Waals surface area contributed by atoms with E-state index in [1.165, 1.54) is 29.2 Å². The van der Waals surface area contributed by atoms with Gasteiger partial charge in [0.05, 0.1) is 16.2 Å². The molecule has 0 unspecified atom stereocenters. The molecule has 26 heavy (non-hydrogen) atoms. The van der Waals surface area contributed by atoms with Crippen molar-refractivity contribution in [2.24, 2.45) is 0 Å². The van der Waals surface area contributed by atoms with Crippen LogP contribution in [0.25, 0.3) is 6.08 Å². The number of aryl methyl sites for hydroxylation is 1. The molecule has 132 valence electrons. The Morgan fingerprint density at radius 2 is 1.88 bits per heavy atom. The lowest BCUT2D eigenvalue weighted by atomic mass is 10.1. The molecule has 0 atom stereocenters. The van der Waals surface area contributed by atoms with Crippen molar-refractivity contribution in [2.45, 2.75) is 6.92 Å². The van der Waals surface area contributed by atoms with E-state index in [1.807, 2.05) is 0 Å². The van der Waals surface area contributed by atoms with Gasteiger partial charge >= 0.3 is 5.97 Å². The molecule has 1 saturated heterocycles. The van der Waals surface area contributed by atoms with Crippen molar-refractivity contribution < 1.29 is 24.9 Å². The predicted molar refractivity (Wildman–Crippen MR) is 104 cm³/mol. The fraction of sp³-hybridized carbons (Fsp3) is 0.0556. The number of anilines is 1. The van der Waals surface area contributed by atoms with Crippen molar-refractivity contribution in [3.05, 3.63) is 58.0 Å². The van der Waals surface area contributed by atoms with Crippen LogP contribution in [0, 0.1) is 6.92 Å². The number of carbonyl (C=O) groups excluding carboxylic acids is 1. The molecule has 0 radical (unpaired) electrons. The maximum atomic E-state index is 12.8. The lowest BCUT2D eigenvalue weighted by Gasteiger charge is -2.17. The molecule has 3 N–H and O–H groups in total. The fourth-order valence-electron chi connectivity index (χ4n) is 2.44. The number of aromatic hydroxyl groups is 2. The molecule has 0 saturated carbocycles. The van der Waals surface area contributed by atoms with Crippen LogP contribution in [0.15, 0.2) is 41.3 Å². The van der Waals surface area contributed by atoms with Gasteiger partial charge in [-0.2, -0.15) is 0 Å². The maximum absolute atomic E-state index is 12.8. The second-order valence-electron chi connectivity index (χ2n) is 5.57. The number of carboxylic acids is 1. The molecule has 1 amide bonds. The number of amides is 1.